The fraction of sp³-hybridized carbons (Fsp3) is 0.158. The Labute approximate surface area is 161 Å². The highest BCUT2D eigenvalue weighted by Crippen LogP contribution is 2.25. The van der Waals surface area contributed by atoms with E-state index in [2.05, 4.69) is 9.71 Å². The molecule has 0 bridgehead atoms. The van der Waals surface area contributed by atoms with E-state index < -0.39 is 16.0 Å². The number of hydrogen-bond acceptors (Lipinski definition) is 6. The van der Waals surface area contributed by atoms with E-state index in [9.17, 15) is 13.2 Å². The van der Waals surface area contributed by atoms with Gasteiger partial charge in [0.1, 0.15) is 16.9 Å². The number of carbonyl (C=O) groups is 1. The van der Waals surface area contributed by atoms with Crippen molar-refractivity contribution in [2.75, 3.05) is 7.11 Å². The minimum Gasteiger partial charge on any atom is -0.495 e. The van der Waals surface area contributed by atoms with Crippen molar-refractivity contribution in [3.05, 3.63) is 66.1 Å². The molecule has 0 aliphatic carbocycles. The molecule has 3 rings (SSSR count). The molecule has 28 heavy (non-hydrogen) atoms. The predicted molar refractivity (Wildman–Crippen MR) is 100 cm³/mol. The Morgan fingerprint density at radius 1 is 1.21 bits per heavy atom. The molecular weight excluding hydrogens is 384 g/mol. The van der Waals surface area contributed by atoms with Crippen LogP contribution in [-0.2, 0) is 27.8 Å². The van der Waals surface area contributed by atoms with Crippen LogP contribution in [0.15, 0.2) is 64.1 Å². The van der Waals surface area contributed by atoms with Crippen molar-refractivity contribution in [2.45, 2.75) is 17.9 Å². The van der Waals surface area contributed by atoms with Crippen LogP contribution >= 0.6 is 0 Å². The number of sulfonamides is 1. The smallest absolute Gasteiger partial charge is 0.307 e. The predicted octanol–water partition coefficient (Wildman–Crippen LogP) is 2.46. The van der Waals surface area contributed by atoms with Crippen molar-refractivity contribution in [2.24, 2.45) is 0 Å². The van der Waals surface area contributed by atoms with Gasteiger partial charge in [-0.05, 0) is 29.8 Å². The molecule has 2 aromatic carbocycles. The Hall–Kier alpha value is -3.17. The highest BCUT2D eigenvalue weighted by Gasteiger charge is 2.21. The zero-order chi connectivity index (χ0) is 20.1. The molecule has 9 heteroatoms. The van der Waals surface area contributed by atoms with Gasteiger partial charge in [-0.3, -0.25) is 4.79 Å². The molecule has 0 spiro atoms. The molecule has 0 saturated carbocycles. The van der Waals surface area contributed by atoms with Gasteiger partial charge in [0.25, 0.3) is 0 Å². The maximum Gasteiger partial charge on any atom is 0.307 e. The zero-order valence-electron chi connectivity index (χ0n) is 15.0. The molecule has 146 valence electrons. The number of aliphatic carboxylic acids is 1. The molecule has 1 heterocycles. The van der Waals surface area contributed by atoms with Crippen LogP contribution in [0.25, 0.3) is 11.5 Å². The first-order chi connectivity index (χ1) is 13.4. The second kappa shape index (κ2) is 8.24. The topological polar surface area (TPSA) is 119 Å². The second-order valence-electron chi connectivity index (χ2n) is 5.89. The average Bonchev–Trinajstić information content (AvgIpc) is 3.16. The normalized spacial score (nSPS) is 11.3. The lowest BCUT2D eigenvalue weighted by atomic mass is 10.1. The molecule has 0 aliphatic heterocycles. The van der Waals surface area contributed by atoms with Crippen LogP contribution in [0.3, 0.4) is 0 Å². The van der Waals surface area contributed by atoms with Gasteiger partial charge in [-0.25, -0.2) is 18.1 Å². The lowest BCUT2D eigenvalue weighted by molar-refractivity contribution is -0.136. The van der Waals surface area contributed by atoms with Crippen LogP contribution in [-0.4, -0.2) is 31.6 Å². The van der Waals surface area contributed by atoms with Crippen molar-refractivity contribution in [3.63, 3.8) is 0 Å². The van der Waals surface area contributed by atoms with E-state index >= 15 is 0 Å². The Morgan fingerprint density at radius 3 is 2.64 bits per heavy atom. The molecule has 3 aromatic rings. The molecule has 0 amide bonds. The van der Waals surface area contributed by atoms with Crippen LogP contribution in [0, 0.1) is 0 Å². The van der Waals surface area contributed by atoms with Gasteiger partial charge in [0.15, 0.2) is 0 Å². The number of nitrogens with one attached hydrogen (secondary N) is 1. The van der Waals surface area contributed by atoms with Crippen LogP contribution in [0.5, 0.6) is 5.75 Å². The quantitative estimate of drug-likeness (QED) is 0.594. The molecule has 0 saturated heterocycles. The van der Waals surface area contributed by atoms with Crippen molar-refractivity contribution in [1.82, 2.24) is 9.71 Å². The maximum absolute atomic E-state index is 12.7. The van der Waals surface area contributed by atoms with Crippen LogP contribution in [0.2, 0.25) is 0 Å². The molecule has 2 N–H and O–H groups in total. The number of hydrogen-bond donors (Lipinski definition) is 2. The molecule has 0 aliphatic rings. The fourth-order valence-corrected chi connectivity index (χ4v) is 3.78. The average molecular weight is 402 g/mol. The van der Waals surface area contributed by atoms with E-state index in [0.717, 1.165) is 5.56 Å². The summed E-state index contributed by atoms with van der Waals surface area (Å²) in [4.78, 5) is 15.0. The summed E-state index contributed by atoms with van der Waals surface area (Å²) in [6.45, 7) is -0.0923. The summed E-state index contributed by atoms with van der Waals surface area (Å²) in [5.41, 5.74) is 1.53. The highest BCUT2D eigenvalue weighted by atomic mass is 32.2. The van der Waals surface area contributed by atoms with Gasteiger partial charge in [-0.15, -0.1) is 0 Å². The van der Waals surface area contributed by atoms with Gasteiger partial charge in [-0.2, -0.15) is 0 Å². The number of aromatic nitrogens is 1. The first-order valence-electron chi connectivity index (χ1n) is 8.27. The van der Waals surface area contributed by atoms with Crippen molar-refractivity contribution >= 4 is 16.0 Å². The van der Waals surface area contributed by atoms with E-state index in [-0.39, 0.29) is 23.6 Å². The Kier molecular flexibility index (Phi) is 5.76. The third-order valence-electron chi connectivity index (χ3n) is 3.89. The Bertz CT molecular complexity index is 1080. The van der Waals surface area contributed by atoms with E-state index in [1.165, 1.54) is 31.6 Å². The van der Waals surface area contributed by atoms with Gasteiger partial charge in [-0.1, -0.05) is 24.3 Å². The monoisotopic (exact) mass is 402 g/mol. The summed E-state index contributed by atoms with van der Waals surface area (Å²) < 4.78 is 38.3. The summed E-state index contributed by atoms with van der Waals surface area (Å²) in [5, 5.41) is 8.92. The fourth-order valence-electron chi connectivity index (χ4n) is 2.56. The van der Waals surface area contributed by atoms with Gasteiger partial charge < -0.3 is 14.3 Å². The minimum absolute atomic E-state index is 0.0923. The largest absolute Gasteiger partial charge is 0.495 e. The second-order valence-corrected chi connectivity index (χ2v) is 7.63. The standard InChI is InChI=1S/C19H18N2O6S/c1-26-16-8-7-13(10-18(22)23)9-17(16)28(24,25)20-11-15-12-27-19(21-15)14-5-3-2-4-6-14/h2-9,12,20H,10-11H2,1H3,(H,22,23). The van der Waals surface area contributed by atoms with E-state index in [1.54, 1.807) is 0 Å². The number of nitrogens with zero attached hydrogens (tertiary/aromatic N) is 1. The summed E-state index contributed by atoms with van der Waals surface area (Å²) in [5.74, 6) is -0.555. The number of oxazole rings is 1. The van der Waals surface area contributed by atoms with Crippen LogP contribution in [0.4, 0.5) is 0 Å². The number of rotatable bonds is 8. The Morgan fingerprint density at radius 2 is 1.96 bits per heavy atom. The van der Waals surface area contributed by atoms with Gasteiger partial charge in [0.05, 0.1) is 25.8 Å². The first kappa shape index (κ1) is 19.6. The molecular formula is C19H18N2O6S. The van der Waals surface area contributed by atoms with E-state index in [0.29, 0.717) is 17.1 Å². The van der Waals surface area contributed by atoms with Crippen LogP contribution < -0.4 is 9.46 Å². The number of carboxylic acid groups (broad SMARTS) is 1. The molecule has 8 nitrogen and oxygen atoms in total. The third kappa shape index (κ3) is 4.56. The highest BCUT2D eigenvalue weighted by molar-refractivity contribution is 7.89. The number of methoxy groups -OCH3 is 1. The van der Waals surface area contributed by atoms with Crippen molar-refractivity contribution in [3.8, 4) is 17.2 Å². The van der Waals surface area contributed by atoms with Gasteiger partial charge in [0, 0.05) is 5.56 Å². The molecule has 0 radical (unpaired) electrons. The summed E-state index contributed by atoms with van der Waals surface area (Å²) in [7, 11) is -2.62. The van der Waals surface area contributed by atoms with Crippen molar-refractivity contribution in [1.29, 1.82) is 0 Å². The van der Waals surface area contributed by atoms with Gasteiger partial charge >= 0.3 is 5.97 Å². The first-order valence-corrected chi connectivity index (χ1v) is 9.75. The molecule has 0 unspecified atom stereocenters. The minimum atomic E-state index is -3.96. The molecule has 0 fully saturated rings. The maximum atomic E-state index is 12.7. The number of carboxylic acids is 1. The Balaban J connectivity index is 1.79. The van der Waals surface area contributed by atoms with Crippen molar-refractivity contribution < 1.29 is 27.5 Å². The molecule has 1 aromatic heterocycles. The SMILES string of the molecule is COc1ccc(CC(=O)O)cc1S(=O)(=O)NCc1coc(-c2ccccc2)n1. The number of ether oxygens (including phenoxy) is 1. The summed E-state index contributed by atoms with van der Waals surface area (Å²) in [6.07, 6.45) is 1.08. The molecule has 0 atom stereocenters. The van der Waals surface area contributed by atoms with E-state index in [1.807, 2.05) is 30.3 Å². The summed E-state index contributed by atoms with van der Waals surface area (Å²) >= 11 is 0. The lowest BCUT2D eigenvalue weighted by Crippen LogP contribution is -2.24. The number of benzene rings is 2. The zero-order valence-corrected chi connectivity index (χ0v) is 15.8. The lowest BCUT2D eigenvalue weighted by Gasteiger charge is -2.11. The third-order valence-corrected chi connectivity index (χ3v) is 5.31. The van der Waals surface area contributed by atoms with Gasteiger partial charge in [0.2, 0.25) is 15.9 Å². The van der Waals surface area contributed by atoms with Crippen LogP contribution in [0.1, 0.15) is 11.3 Å². The van der Waals surface area contributed by atoms with E-state index in [4.69, 9.17) is 14.3 Å². The summed E-state index contributed by atoms with van der Waals surface area (Å²) in [6, 6.07) is 13.4.